The quantitative estimate of drug-likeness (QED) is 0.301. The van der Waals surface area contributed by atoms with Gasteiger partial charge in [-0.1, -0.05) is 18.2 Å². The van der Waals surface area contributed by atoms with Gasteiger partial charge in [0, 0.05) is 0 Å². The van der Waals surface area contributed by atoms with Crippen LogP contribution in [0.5, 0.6) is 0 Å². The predicted molar refractivity (Wildman–Crippen MR) is 76.0 cm³/mol. The molecule has 138 valence electrons. The zero-order valence-electron chi connectivity index (χ0n) is 12.2. The average molecular weight is 362 g/mol. The van der Waals surface area contributed by atoms with Crippen molar-refractivity contribution in [1.82, 2.24) is 0 Å². The van der Waals surface area contributed by atoms with Crippen molar-refractivity contribution in [2.45, 2.75) is 12.2 Å². The first-order valence-corrected chi connectivity index (χ1v) is 5.98. The van der Waals surface area contributed by atoms with Gasteiger partial charge in [-0.15, -0.1) is 0 Å². The molecule has 0 amide bonds. The molecule has 0 aromatic heterocycles. The Kier molecular flexibility index (Phi) is 11.4. The zero-order valence-corrected chi connectivity index (χ0v) is 12.2. The summed E-state index contributed by atoms with van der Waals surface area (Å²) in [5.74, 6) is -8.06. The minimum atomic E-state index is -2.27. The van der Waals surface area contributed by atoms with Crippen molar-refractivity contribution in [3.8, 4) is 0 Å². The van der Waals surface area contributed by atoms with Crippen LogP contribution in [-0.4, -0.2) is 77.8 Å². The highest BCUT2D eigenvalue weighted by Crippen LogP contribution is 1.96. The number of rotatable bonds is 4. The fourth-order valence-electron chi connectivity index (χ4n) is 0.851. The molecule has 1 rings (SSSR count). The van der Waals surface area contributed by atoms with E-state index in [1.165, 1.54) is 0 Å². The maximum Gasteiger partial charge on any atom is 0.414 e. The van der Waals surface area contributed by atoms with Crippen LogP contribution in [-0.2, 0) is 19.2 Å². The summed E-state index contributed by atoms with van der Waals surface area (Å²) >= 11 is 0. The summed E-state index contributed by atoms with van der Waals surface area (Å²) in [7, 11) is 0. The number of hydrogen-bond donors (Lipinski definition) is 7. The van der Waals surface area contributed by atoms with Crippen LogP contribution in [0.25, 0.3) is 0 Å². The Balaban J connectivity index is 0. The van der Waals surface area contributed by atoms with Crippen LogP contribution in [0.2, 0.25) is 0 Å². The third-order valence-electron chi connectivity index (χ3n) is 2.01. The van der Waals surface area contributed by atoms with E-state index in [9.17, 15) is 14.4 Å². The fraction of sp³-hybridized carbons (Fsp3) is 0.154. The van der Waals surface area contributed by atoms with Gasteiger partial charge >= 0.3 is 29.8 Å². The molecule has 0 saturated carbocycles. The van der Waals surface area contributed by atoms with Gasteiger partial charge < -0.3 is 35.7 Å². The molecule has 1 aromatic carbocycles. The van der Waals surface area contributed by atoms with Gasteiger partial charge in [0.25, 0.3) is 0 Å². The van der Waals surface area contributed by atoms with Crippen LogP contribution in [0.4, 0.5) is 0 Å². The van der Waals surface area contributed by atoms with E-state index >= 15 is 0 Å². The van der Waals surface area contributed by atoms with Gasteiger partial charge in [-0.25, -0.2) is 24.0 Å². The number of carboxylic acids is 5. The lowest BCUT2D eigenvalue weighted by atomic mass is 10.2. The molecule has 12 heteroatoms. The second kappa shape index (κ2) is 12.0. The highest BCUT2D eigenvalue weighted by molar-refractivity contribution is 6.27. The second-order valence-corrected chi connectivity index (χ2v) is 3.85. The Labute approximate surface area is 138 Å². The van der Waals surface area contributed by atoms with Crippen LogP contribution in [0, 0.1) is 0 Å². The van der Waals surface area contributed by atoms with Gasteiger partial charge in [-0.3, -0.25) is 0 Å². The number of aliphatic hydroxyl groups is 2. The van der Waals surface area contributed by atoms with Crippen LogP contribution in [0.15, 0.2) is 30.3 Å². The highest BCUT2D eigenvalue weighted by Gasteiger charge is 2.29. The van der Waals surface area contributed by atoms with Gasteiger partial charge in [-0.05, 0) is 12.1 Å². The Morgan fingerprint density at radius 3 is 1.12 bits per heavy atom. The van der Waals surface area contributed by atoms with Gasteiger partial charge in [0.15, 0.2) is 12.2 Å². The van der Waals surface area contributed by atoms with Crippen molar-refractivity contribution < 1.29 is 59.7 Å². The first-order chi connectivity index (χ1) is 11.4. The van der Waals surface area contributed by atoms with Crippen molar-refractivity contribution in [1.29, 1.82) is 0 Å². The van der Waals surface area contributed by atoms with Crippen molar-refractivity contribution in [3.63, 3.8) is 0 Å². The number of carboxylic acid groups (broad SMARTS) is 5. The molecule has 0 spiro atoms. The number of aliphatic hydroxyl groups excluding tert-OH is 2. The van der Waals surface area contributed by atoms with E-state index in [-0.39, 0.29) is 0 Å². The monoisotopic (exact) mass is 362 g/mol. The van der Waals surface area contributed by atoms with E-state index in [4.69, 9.17) is 45.3 Å². The molecule has 0 aliphatic carbocycles. The minimum Gasteiger partial charge on any atom is -0.479 e. The molecule has 1 aromatic rings. The Hall–Kier alpha value is -3.51. The maximum absolute atomic E-state index is 10.2. The molecule has 0 bridgehead atoms. The summed E-state index contributed by atoms with van der Waals surface area (Å²) in [6.45, 7) is 0. The third kappa shape index (κ3) is 11.7. The van der Waals surface area contributed by atoms with Crippen molar-refractivity contribution in [3.05, 3.63) is 35.9 Å². The first kappa shape index (κ1) is 23.8. The number of aromatic carboxylic acids is 1. The van der Waals surface area contributed by atoms with Gasteiger partial charge in [-0.2, -0.15) is 0 Å². The first-order valence-electron chi connectivity index (χ1n) is 5.98. The van der Waals surface area contributed by atoms with Gasteiger partial charge in [0.1, 0.15) is 0 Å². The summed E-state index contributed by atoms with van der Waals surface area (Å²) < 4.78 is 0. The zero-order chi connectivity index (χ0) is 20.2. The lowest BCUT2D eigenvalue weighted by molar-refractivity contribution is -0.165. The number of hydrogen-bond acceptors (Lipinski definition) is 7. The molecule has 0 aliphatic rings. The normalized spacial score (nSPS) is 11.3. The van der Waals surface area contributed by atoms with Gasteiger partial charge in [0.2, 0.25) is 0 Å². The van der Waals surface area contributed by atoms with Crippen LogP contribution in [0.1, 0.15) is 10.4 Å². The standard InChI is InChI=1S/C7H6O2.C4H6O6.C2H2O4/c8-7(9)6-4-2-1-3-5-6;5-1(3(7)8)2(6)4(9)10;3-1(4)2(5)6/h1-5H,(H,8,9);1-2,5-6H,(H,7,8)(H,9,10);(H,3,4)(H,5,6). The molecular weight excluding hydrogens is 348 g/mol. The molecular formula is C13H14O12. The number of aliphatic carboxylic acids is 4. The third-order valence-corrected chi connectivity index (χ3v) is 2.01. The van der Waals surface area contributed by atoms with E-state index in [2.05, 4.69) is 0 Å². The van der Waals surface area contributed by atoms with Crippen LogP contribution < -0.4 is 0 Å². The lowest BCUT2D eigenvalue weighted by Crippen LogP contribution is -2.39. The molecule has 2 unspecified atom stereocenters. The van der Waals surface area contributed by atoms with Crippen LogP contribution >= 0.6 is 0 Å². The van der Waals surface area contributed by atoms with Crippen molar-refractivity contribution in [2.75, 3.05) is 0 Å². The molecule has 0 heterocycles. The van der Waals surface area contributed by atoms with Gasteiger partial charge in [0.05, 0.1) is 5.56 Å². The molecule has 25 heavy (non-hydrogen) atoms. The molecule has 2 atom stereocenters. The molecule has 7 N–H and O–H groups in total. The topological polar surface area (TPSA) is 227 Å². The molecule has 0 aliphatic heterocycles. The summed E-state index contributed by atoms with van der Waals surface area (Å²) in [5, 5.41) is 55.7. The van der Waals surface area contributed by atoms with E-state index in [0.717, 1.165) is 0 Å². The minimum absolute atomic E-state index is 0.331. The SMILES string of the molecule is O=C(O)C(=O)O.O=C(O)C(O)C(O)C(=O)O.O=C(O)c1ccccc1. The Bertz CT molecular complexity index is 579. The van der Waals surface area contributed by atoms with Crippen LogP contribution in [0.3, 0.4) is 0 Å². The smallest absolute Gasteiger partial charge is 0.414 e. The van der Waals surface area contributed by atoms with Crippen molar-refractivity contribution in [2.24, 2.45) is 0 Å². The number of benzene rings is 1. The van der Waals surface area contributed by atoms with E-state index < -0.39 is 42.1 Å². The fourth-order valence-corrected chi connectivity index (χ4v) is 0.851. The van der Waals surface area contributed by atoms with E-state index in [1.807, 2.05) is 0 Å². The summed E-state index contributed by atoms with van der Waals surface area (Å²) in [4.78, 5) is 47.9. The average Bonchev–Trinajstić information content (AvgIpc) is 2.55. The lowest BCUT2D eigenvalue weighted by Gasteiger charge is -2.07. The van der Waals surface area contributed by atoms with Crippen molar-refractivity contribution >= 4 is 29.8 Å². The molecule has 0 radical (unpaired) electrons. The Morgan fingerprint density at radius 1 is 0.640 bits per heavy atom. The maximum atomic E-state index is 10.2. The second-order valence-electron chi connectivity index (χ2n) is 3.85. The van der Waals surface area contributed by atoms with E-state index in [1.54, 1.807) is 30.3 Å². The predicted octanol–water partition coefficient (Wildman–Crippen LogP) is -1.58. The summed E-state index contributed by atoms with van der Waals surface area (Å²) in [6, 6.07) is 8.30. The summed E-state index contributed by atoms with van der Waals surface area (Å²) in [5.41, 5.74) is 0.331. The molecule has 0 fully saturated rings. The largest absolute Gasteiger partial charge is 0.479 e. The molecule has 0 saturated heterocycles. The highest BCUT2D eigenvalue weighted by atomic mass is 16.4. The molecule has 12 nitrogen and oxygen atoms in total. The Morgan fingerprint density at radius 2 is 0.960 bits per heavy atom. The van der Waals surface area contributed by atoms with E-state index in [0.29, 0.717) is 5.56 Å². The number of carbonyl (C=O) groups is 5. The summed E-state index contributed by atoms with van der Waals surface area (Å²) in [6.07, 6.45) is -4.53.